The summed E-state index contributed by atoms with van der Waals surface area (Å²) in [5.74, 6) is 0.939. The van der Waals surface area contributed by atoms with Gasteiger partial charge in [0.05, 0.1) is 18.4 Å². The number of nitrogens with one attached hydrogen (secondary N) is 1. The first-order chi connectivity index (χ1) is 13.6. The third kappa shape index (κ3) is 3.67. The number of esters is 1. The minimum Gasteiger partial charge on any atom is -0.465 e. The Balaban J connectivity index is 1.62. The third-order valence-corrected chi connectivity index (χ3v) is 4.87. The SMILES string of the molecule is COC(=O)c1ccccc1Nc1nc(C)cc(N2CCc3ccccc3C2)n1. The fourth-order valence-electron chi connectivity index (χ4n) is 3.46. The van der Waals surface area contributed by atoms with Crippen molar-refractivity contribution in [1.29, 1.82) is 0 Å². The molecule has 142 valence electrons. The number of methoxy groups -OCH3 is 1. The van der Waals surface area contributed by atoms with Crippen LogP contribution in [0.2, 0.25) is 0 Å². The second kappa shape index (κ2) is 7.68. The van der Waals surface area contributed by atoms with Crippen molar-refractivity contribution < 1.29 is 9.53 Å². The molecule has 0 saturated heterocycles. The minimum absolute atomic E-state index is 0.399. The predicted octanol–water partition coefficient (Wildman–Crippen LogP) is 3.88. The average Bonchev–Trinajstić information content (AvgIpc) is 2.73. The van der Waals surface area contributed by atoms with Crippen LogP contribution in [0.5, 0.6) is 0 Å². The summed E-state index contributed by atoms with van der Waals surface area (Å²) in [5.41, 5.74) is 4.66. The molecule has 1 aromatic heterocycles. The maximum Gasteiger partial charge on any atom is 0.339 e. The monoisotopic (exact) mass is 374 g/mol. The number of rotatable bonds is 4. The second-order valence-corrected chi connectivity index (χ2v) is 6.79. The van der Waals surface area contributed by atoms with E-state index < -0.39 is 5.97 Å². The van der Waals surface area contributed by atoms with Crippen LogP contribution in [0.4, 0.5) is 17.5 Å². The normalized spacial score (nSPS) is 13.0. The summed E-state index contributed by atoms with van der Waals surface area (Å²) in [6, 6.07) is 17.7. The van der Waals surface area contributed by atoms with Crippen LogP contribution >= 0.6 is 0 Å². The van der Waals surface area contributed by atoms with Gasteiger partial charge < -0.3 is 15.0 Å². The van der Waals surface area contributed by atoms with Gasteiger partial charge >= 0.3 is 5.97 Å². The van der Waals surface area contributed by atoms with Crippen molar-refractivity contribution in [3.8, 4) is 0 Å². The first kappa shape index (κ1) is 18.0. The van der Waals surface area contributed by atoms with E-state index in [1.165, 1.54) is 18.2 Å². The van der Waals surface area contributed by atoms with Gasteiger partial charge in [-0.15, -0.1) is 0 Å². The van der Waals surface area contributed by atoms with Crippen molar-refractivity contribution in [2.45, 2.75) is 19.9 Å². The number of fused-ring (bicyclic) bond motifs is 1. The van der Waals surface area contributed by atoms with Crippen molar-refractivity contribution >= 4 is 23.4 Å². The molecule has 0 unspecified atom stereocenters. The van der Waals surface area contributed by atoms with E-state index >= 15 is 0 Å². The van der Waals surface area contributed by atoms with E-state index in [0.29, 0.717) is 17.2 Å². The third-order valence-electron chi connectivity index (χ3n) is 4.87. The Labute approximate surface area is 164 Å². The van der Waals surface area contributed by atoms with E-state index in [-0.39, 0.29) is 0 Å². The smallest absolute Gasteiger partial charge is 0.339 e. The number of aromatic nitrogens is 2. The van der Waals surface area contributed by atoms with Crippen molar-refractivity contribution in [1.82, 2.24) is 9.97 Å². The lowest BCUT2D eigenvalue weighted by Crippen LogP contribution is -2.31. The van der Waals surface area contributed by atoms with E-state index in [0.717, 1.165) is 31.0 Å². The molecular formula is C22H22N4O2. The lowest BCUT2D eigenvalue weighted by Gasteiger charge is -2.30. The number of hydrogen-bond donors (Lipinski definition) is 1. The molecule has 0 spiro atoms. The van der Waals surface area contributed by atoms with Crippen LogP contribution < -0.4 is 10.2 Å². The van der Waals surface area contributed by atoms with Crippen LogP contribution in [0.3, 0.4) is 0 Å². The number of hydrogen-bond acceptors (Lipinski definition) is 6. The maximum atomic E-state index is 12.0. The van der Waals surface area contributed by atoms with Gasteiger partial charge in [-0.25, -0.2) is 9.78 Å². The Hall–Kier alpha value is -3.41. The molecule has 0 radical (unpaired) electrons. The average molecular weight is 374 g/mol. The van der Waals surface area contributed by atoms with Gasteiger partial charge in [0.2, 0.25) is 5.95 Å². The highest BCUT2D eigenvalue weighted by Crippen LogP contribution is 2.26. The number of nitrogens with zero attached hydrogens (tertiary/aromatic N) is 3. The number of carbonyl (C=O) groups excluding carboxylic acids is 1. The summed E-state index contributed by atoms with van der Waals surface area (Å²) < 4.78 is 4.86. The number of anilines is 3. The van der Waals surface area contributed by atoms with Crippen molar-refractivity contribution in [2.75, 3.05) is 23.9 Å². The Bertz CT molecular complexity index is 1020. The zero-order valence-electron chi connectivity index (χ0n) is 16.0. The van der Waals surface area contributed by atoms with Gasteiger partial charge in [-0.3, -0.25) is 0 Å². The molecule has 28 heavy (non-hydrogen) atoms. The molecule has 1 aliphatic rings. The number of ether oxygens (including phenoxy) is 1. The number of benzene rings is 2. The number of carbonyl (C=O) groups is 1. The fourth-order valence-corrected chi connectivity index (χ4v) is 3.46. The van der Waals surface area contributed by atoms with Gasteiger partial charge in [0.25, 0.3) is 0 Å². The van der Waals surface area contributed by atoms with Gasteiger partial charge in [0, 0.05) is 24.8 Å². The van der Waals surface area contributed by atoms with Crippen molar-refractivity contribution in [2.24, 2.45) is 0 Å². The summed E-state index contributed by atoms with van der Waals surface area (Å²) >= 11 is 0. The van der Waals surface area contributed by atoms with E-state index in [9.17, 15) is 4.79 Å². The van der Waals surface area contributed by atoms with Crippen molar-refractivity contribution in [3.05, 3.63) is 77.0 Å². The Kier molecular flexibility index (Phi) is 4.93. The molecule has 0 aliphatic carbocycles. The molecule has 3 aromatic rings. The molecule has 2 aromatic carbocycles. The van der Waals surface area contributed by atoms with E-state index in [1.54, 1.807) is 12.1 Å². The molecule has 4 rings (SSSR count). The van der Waals surface area contributed by atoms with Gasteiger partial charge in [0.15, 0.2) is 0 Å². The fraction of sp³-hybridized carbons (Fsp3) is 0.227. The van der Waals surface area contributed by atoms with Crippen molar-refractivity contribution in [3.63, 3.8) is 0 Å². The van der Waals surface area contributed by atoms with Gasteiger partial charge in [0.1, 0.15) is 5.82 Å². The molecule has 0 bridgehead atoms. The summed E-state index contributed by atoms with van der Waals surface area (Å²) in [6.45, 7) is 3.68. The number of para-hydroxylation sites is 1. The Morgan fingerprint density at radius 3 is 2.64 bits per heavy atom. The summed E-state index contributed by atoms with van der Waals surface area (Å²) in [6.07, 6.45) is 0.993. The molecule has 1 aliphatic heterocycles. The van der Waals surface area contributed by atoms with E-state index in [2.05, 4.69) is 39.5 Å². The standard InChI is InChI=1S/C22H22N4O2/c1-15-13-20(26-12-11-16-7-3-4-8-17(16)14-26)25-22(23-15)24-19-10-6-5-9-18(19)21(27)28-2/h3-10,13H,11-12,14H2,1-2H3,(H,23,24,25). The van der Waals surface area contributed by atoms with Gasteiger partial charge in [-0.2, -0.15) is 4.98 Å². The van der Waals surface area contributed by atoms with Gasteiger partial charge in [-0.05, 0) is 36.6 Å². The lowest BCUT2D eigenvalue weighted by molar-refractivity contribution is 0.0602. The van der Waals surface area contributed by atoms with Crippen LogP contribution in [-0.2, 0) is 17.7 Å². The zero-order chi connectivity index (χ0) is 19.5. The van der Waals surface area contributed by atoms with Crippen LogP contribution in [0.25, 0.3) is 0 Å². The molecular weight excluding hydrogens is 352 g/mol. The van der Waals surface area contributed by atoms with Crippen LogP contribution in [0.1, 0.15) is 27.2 Å². The Morgan fingerprint density at radius 1 is 1.07 bits per heavy atom. The van der Waals surface area contributed by atoms with Crippen LogP contribution in [-0.4, -0.2) is 29.6 Å². The highest BCUT2D eigenvalue weighted by atomic mass is 16.5. The second-order valence-electron chi connectivity index (χ2n) is 6.79. The topological polar surface area (TPSA) is 67.3 Å². The molecule has 0 fully saturated rings. The van der Waals surface area contributed by atoms with E-state index in [4.69, 9.17) is 9.72 Å². The summed E-state index contributed by atoms with van der Waals surface area (Å²) in [4.78, 5) is 23.5. The molecule has 6 nitrogen and oxygen atoms in total. The lowest BCUT2D eigenvalue weighted by atomic mass is 10.00. The Morgan fingerprint density at radius 2 is 1.82 bits per heavy atom. The summed E-state index contributed by atoms with van der Waals surface area (Å²) in [7, 11) is 1.37. The molecule has 1 N–H and O–H groups in total. The number of aryl methyl sites for hydroxylation is 1. The largest absolute Gasteiger partial charge is 0.465 e. The first-order valence-electron chi connectivity index (χ1n) is 9.26. The highest BCUT2D eigenvalue weighted by Gasteiger charge is 2.19. The zero-order valence-corrected chi connectivity index (χ0v) is 16.0. The highest BCUT2D eigenvalue weighted by molar-refractivity contribution is 5.96. The quantitative estimate of drug-likeness (QED) is 0.699. The van der Waals surface area contributed by atoms with Crippen LogP contribution in [0.15, 0.2) is 54.6 Å². The maximum absolute atomic E-state index is 12.0. The van der Waals surface area contributed by atoms with E-state index in [1.807, 2.05) is 25.1 Å². The van der Waals surface area contributed by atoms with Crippen LogP contribution in [0, 0.1) is 6.92 Å². The van der Waals surface area contributed by atoms with Gasteiger partial charge in [-0.1, -0.05) is 36.4 Å². The first-order valence-corrected chi connectivity index (χ1v) is 9.26. The summed E-state index contributed by atoms with van der Waals surface area (Å²) in [5, 5.41) is 3.18. The molecule has 6 heteroatoms. The molecule has 2 heterocycles. The predicted molar refractivity (Wildman–Crippen MR) is 109 cm³/mol. The molecule has 0 saturated carbocycles. The molecule has 0 atom stereocenters. The minimum atomic E-state index is -0.399. The molecule has 0 amide bonds.